The molecule has 0 radical (unpaired) electrons. The Balaban J connectivity index is 1.99. The summed E-state index contributed by atoms with van der Waals surface area (Å²) in [5.41, 5.74) is 4.29. The van der Waals surface area contributed by atoms with Crippen molar-refractivity contribution < 1.29 is 0 Å². The van der Waals surface area contributed by atoms with E-state index in [0.29, 0.717) is 12.0 Å². The van der Waals surface area contributed by atoms with Crippen LogP contribution in [-0.2, 0) is 0 Å². The molecule has 2 aromatic carbocycles. The van der Waals surface area contributed by atoms with Crippen LogP contribution < -0.4 is 10.6 Å². The molecule has 1 heterocycles. The van der Waals surface area contributed by atoms with Crippen LogP contribution in [0.5, 0.6) is 0 Å². The number of fused-ring (bicyclic) bond motifs is 1. The highest BCUT2D eigenvalue weighted by atomic mass is 15.0. The number of hydrogen-bond donors (Lipinski definition) is 2. The van der Waals surface area contributed by atoms with Crippen molar-refractivity contribution in [1.29, 1.82) is 0 Å². The van der Waals surface area contributed by atoms with Gasteiger partial charge in [0.15, 0.2) is 0 Å². The van der Waals surface area contributed by atoms with E-state index in [0.717, 1.165) is 13.1 Å². The molecule has 0 aliphatic carbocycles. The van der Waals surface area contributed by atoms with Gasteiger partial charge in [0.1, 0.15) is 0 Å². The fraction of sp³-hybridized carbons (Fsp3) is 0.294. The summed E-state index contributed by atoms with van der Waals surface area (Å²) >= 11 is 0. The van der Waals surface area contributed by atoms with E-state index in [1.54, 1.807) is 0 Å². The van der Waals surface area contributed by atoms with Crippen LogP contribution in [-0.4, -0.2) is 20.1 Å². The minimum absolute atomic E-state index is 0.418. The lowest BCUT2D eigenvalue weighted by molar-refractivity contribution is 0.463. The number of nitrogens with one attached hydrogen (secondary N) is 2. The third-order valence-corrected chi connectivity index (χ3v) is 3.93. The fourth-order valence-corrected chi connectivity index (χ4v) is 2.99. The highest BCUT2D eigenvalue weighted by Gasteiger charge is 2.26. The van der Waals surface area contributed by atoms with Crippen LogP contribution in [0.2, 0.25) is 0 Å². The average Bonchev–Trinajstić information content (AvgIpc) is 2.49. The van der Waals surface area contributed by atoms with Crippen LogP contribution in [0.4, 0.5) is 0 Å². The van der Waals surface area contributed by atoms with Crippen LogP contribution in [0, 0.1) is 0 Å². The average molecular weight is 252 g/mol. The molecule has 0 aromatic heterocycles. The minimum atomic E-state index is 0.418. The first kappa shape index (κ1) is 12.4. The molecule has 2 atom stereocenters. The molecule has 2 N–H and O–H groups in total. The second kappa shape index (κ2) is 5.55. The summed E-state index contributed by atoms with van der Waals surface area (Å²) in [6, 6.07) is 20.0. The molecule has 19 heavy (non-hydrogen) atoms. The first-order chi connectivity index (χ1) is 9.40. The summed E-state index contributed by atoms with van der Waals surface area (Å²) in [7, 11) is 2.01. The maximum atomic E-state index is 3.66. The summed E-state index contributed by atoms with van der Waals surface area (Å²) in [6.07, 6.45) is 0. The molecule has 1 aliphatic heterocycles. The molecule has 2 aromatic rings. The van der Waals surface area contributed by atoms with E-state index in [1.165, 1.54) is 16.7 Å². The zero-order valence-electron chi connectivity index (χ0n) is 11.3. The van der Waals surface area contributed by atoms with E-state index in [-0.39, 0.29) is 0 Å². The minimum Gasteiger partial charge on any atom is -0.318 e. The first-order valence-corrected chi connectivity index (χ1v) is 6.92. The maximum absolute atomic E-state index is 3.66. The van der Waals surface area contributed by atoms with Crippen molar-refractivity contribution >= 4 is 0 Å². The van der Waals surface area contributed by atoms with Crippen molar-refractivity contribution in [3.05, 3.63) is 71.3 Å². The molecule has 2 nitrogen and oxygen atoms in total. The molecule has 0 saturated carbocycles. The second-order valence-corrected chi connectivity index (χ2v) is 5.11. The van der Waals surface area contributed by atoms with Gasteiger partial charge >= 0.3 is 0 Å². The van der Waals surface area contributed by atoms with Gasteiger partial charge in [0.05, 0.1) is 0 Å². The Kier molecular flexibility index (Phi) is 3.62. The van der Waals surface area contributed by atoms with Crippen molar-refractivity contribution in [3.63, 3.8) is 0 Å². The van der Waals surface area contributed by atoms with Gasteiger partial charge in [-0.25, -0.2) is 0 Å². The van der Waals surface area contributed by atoms with Crippen molar-refractivity contribution in [2.24, 2.45) is 0 Å². The Bertz CT molecular complexity index is 536. The van der Waals surface area contributed by atoms with Gasteiger partial charge in [-0.1, -0.05) is 54.6 Å². The summed E-state index contributed by atoms with van der Waals surface area (Å²) in [5.74, 6) is 0.463. The molecule has 0 fully saturated rings. The Morgan fingerprint density at radius 1 is 1.00 bits per heavy atom. The van der Waals surface area contributed by atoms with Crippen molar-refractivity contribution in [1.82, 2.24) is 10.6 Å². The van der Waals surface area contributed by atoms with Crippen LogP contribution >= 0.6 is 0 Å². The maximum Gasteiger partial charge on any atom is 0.0449 e. The molecular formula is C17H20N2. The van der Waals surface area contributed by atoms with Gasteiger partial charge in [0, 0.05) is 25.0 Å². The molecule has 3 rings (SSSR count). The standard InChI is InChI=1S/C17H20N2/c1-18-12-17-15-10-6-5-9-14(15)16(11-19-17)13-7-3-2-4-8-13/h2-10,16-19H,11-12H2,1H3. The van der Waals surface area contributed by atoms with Gasteiger partial charge in [-0.15, -0.1) is 0 Å². The predicted octanol–water partition coefficient (Wildman–Crippen LogP) is 2.68. The van der Waals surface area contributed by atoms with E-state index in [2.05, 4.69) is 65.2 Å². The van der Waals surface area contributed by atoms with Crippen molar-refractivity contribution in [3.8, 4) is 0 Å². The van der Waals surface area contributed by atoms with Crippen molar-refractivity contribution in [2.45, 2.75) is 12.0 Å². The SMILES string of the molecule is CNCC1NCC(c2ccccc2)c2ccccc21. The molecule has 0 amide bonds. The third-order valence-electron chi connectivity index (χ3n) is 3.93. The highest BCUT2D eigenvalue weighted by Crippen LogP contribution is 2.33. The largest absolute Gasteiger partial charge is 0.318 e. The summed E-state index contributed by atoms with van der Waals surface area (Å²) < 4.78 is 0. The van der Waals surface area contributed by atoms with E-state index < -0.39 is 0 Å². The lowest BCUT2D eigenvalue weighted by Gasteiger charge is -2.33. The molecule has 2 heteroatoms. The Morgan fingerprint density at radius 3 is 2.42 bits per heavy atom. The molecule has 1 aliphatic rings. The van der Waals surface area contributed by atoms with Crippen molar-refractivity contribution in [2.75, 3.05) is 20.1 Å². The predicted molar refractivity (Wildman–Crippen MR) is 79.4 cm³/mol. The van der Waals surface area contributed by atoms with Gasteiger partial charge in [-0.05, 0) is 23.7 Å². The highest BCUT2D eigenvalue weighted by molar-refractivity contribution is 5.42. The summed E-state index contributed by atoms with van der Waals surface area (Å²) in [5, 5.41) is 6.93. The normalized spacial score (nSPS) is 21.9. The summed E-state index contributed by atoms with van der Waals surface area (Å²) in [4.78, 5) is 0. The fourth-order valence-electron chi connectivity index (χ4n) is 2.99. The zero-order chi connectivity index (χ0) is 13.1. The van der Waals surface area contributed by atoms with E-state index in [1.807, 2.05) is 7.05 Å². The monoisotopic (exact) mass is 252 g/mol. The molecule has 0 saturated heterocycles. The molecule has 0 spiro atoms. The van der Waals surface area contributed by atoms with Gasteiger partial charge < -0.3 is 10.6 Å². The number of hydrogen-bond acceptors (Lipinski definition) is 2. The molecule has 98 valence electrons. The van der Waals surface area contributed by atoms with E-state index in [9.17, 15) is 0 Å². The molecule has 2 unspecified atom stereocenters. The van der Waals surface area contributed by atoms with Crippen LogP contribution in [0.25, 0.3) is 0 Å². The van der Waals surface area contributed by atoms with Crippen LogP contribution in [0.15, 0.2) is 54.6 Å². The number of benzene rings is 2. The van der Waals surface area contributed by atoms with E-state index in [4.69, 9.17) is 0 Å². The van der Waals surface area contributed by atoms with Gasteiger partial charge in [0.2, 0.25) is 0 Å². The van der Waals surface area contributed by atoms with Gasteiger partial charge in [-0.3, -0.25) is 0 Å². The Hall–Kier alpha value is -1.64. The third kappa shape index (κ3) is 2.42. The van der Waals surface area contributed by atoms with E-state index >= 15 is 0 Å². The first-order valence-electron chi connectivity index (χ1n) is 6.92. The summed E-state index contributed by atoms with van der Waals surface area (Å²) in [6.45, 7) is 1.98. The van der Waals surface area contributed by atoms with Gasteiger partial charge in [-0.2, -0.15) is 0 Å². The van der Waals surface area contributed by atoms with Gasteiger partial charge in [0.25, 0.3) is 0 Å². The lowest BCUT2D eigenvalue weighted by atomic mass is 9.82. The molecular weight excluding hydrogens is 232 g/mol. The lowest BCUT2D eigenvalue weighted by Crippen LogP contribution is -2.38. The number of rotatable bonds is 3. The zero-order valence-corrected chi connectivity index (χ0v) is 11.3. The van der Waals surface area contributed by atoms with Crippen LogP contribution in [0.3, 0.4) is 0 Å². The van der Waals surface area contributed by atoms with Crippen LogP contribution in [0.1, 0.15) is 28.7 Å². The topological polar surface area (TPSA) is 24.1 Å². The Morgan fingerprint density at radius 2 is 1.68 bits per heavy atom. The Labute approximate surface area is 114 Å². The molecule has 0 bridgehead atoms. The smallest absolute Gasteiger partial charge is 0.0449 e. The quantitative estimate of drug-likeness (QED) is 0.877. The second-order valence-electron chi connectivity index (χ2n) is 5.11. The number of likely N-dealkylation sites (N-methyl/N-ethyl adjacent to an activating group) is 1.